The molecule has 18 N–H and O–H groups in total. The topological polar surface area (TPSA) is 293 Å². The average molecular weight is 405 g/mol. The zero-order valence-electron chi connectivity index (χ0n) is 12.8. The second-order valence-corrected chi connectivity index (χ2v) is 3.72. The van der Waals surface area contributed by atoms with Crippen molar-refractivity contribution >= 4 is 34.0 Å². The first-order chi connectivity index (χ1) is 9.75. The Morgan fingerprint density at radius 3 is 1.28 bits per heavy atom. The molecule has 4 heterocycles. The van der Waals surface area contributed by atoms with Crippen LogP contribution >= 0.6 is 0 Å². The van der Waals surface area contributed by atoms with Crippen molar-refractivity contribution in [3.63, 3.8) is 0 Å². The van der Waals surface area contributed by atoms with E-state index < -0.39 is 0 Å². The molecule has 0 bridgehead atoms. The molecule has 0 aromatic carbocycles. The molecule has 0 aliphatic rings. The molecule has 0 unspecified atom stereocenters. The second-order valence-electron chi connectivity index (χ2n) is 3.72. The quantitative estimate of drug-likeness (QED) is 0.209. The summed E-state index contributed by atoms with van der Waals surface area (Å²) >= 11 is 0. The summed E-state index contributed by atoms with van der Waals surface area (Å²) in [7, 11) is 0. The van der Waals surface area contributed by atoms with E-state index in [4.69, 9.17) is 11.5 Å². The van der Waals surface area contributed by atoms with Gasteiger partial charge >= 0.3 is 16.8 Å². The SMILES string of the molecule is Nc1ncnc2nc[nH]c12.Nc1ncnc2nc[nH]c12.[Co+2].[OH3+].[OH3+].[OH3+].[OH3+]. The van der Waals surface area contributed by atoms with Crippen molar-refractivity contribution in [3.8, 4) is 0 Å². The van der Waals surface area contributed by atoms with E-state index >= 15 is 0 Å². The number of aromatic amines is 2. The Morgan fingerprint density at radius 2 is 0.960 bits per heavy atom. The Bertz CT molecular complexity index is 797. The van der Waals surface area contributed by atoms with E-state index in [1.165, 1.54) is 25.3 Å². The fourth-order valence-electron chi connectivity index (χ4n) is 1.57. The summed E-state index contributed by atoms with van der Waals surface area (Å²) in [5, 5.41) is 0. The zero-order valence-corrected chi connectivity index (χ0v) is 13.8. The Labute approximate surface area is 150 Å². The predicted molar refractivity (Wildman–Crippen MR) is 91.7 cm³/mol. The predicted octanol–water partition coefficient (Wildman–Crippen LogP) is -3.82. The summed E-state index contributed by atoms with van der Waals surface area (Å²) in [4.78, 5) is 28.7. The minimum atomic E-state index is 0. The number of fused-ring (bicyclic) bond motifs is 2. The zero-order chi connectivity index (χ0) is 13.9. The van der Waals surface area contributed by atoms with Gasteiger partial charge in [-0.1, -0.05) is 0 Å². The Kier molecular flexibility index (Phi) is 12.4. The third kappa shape index (κ3) is 5.56. The molecule has 0 spiro atoms. The van der Waals surface area contributed by atoms with Crippen molar-refractivity contribution < 1.29 is 38.7 Å². The third-order valence-corrected chi connectivity index (χ3v) is 2.50. The van der Waals surface area contributed by atoms with Crippen molar-refractivity contribution in [3.05, 3.63) is 25.3 Å². The van der Waals surface area contributed by atoms with Crippen LogP contribution in [0, 0.1) is 0 Å². The van der Waals surface area contributed by atoms with Gasteiger partial charge in [-0.25, -0.2) is 29.9 Å². The monoisotopic (exact) mass is 405 g/mol. The standard InChI is InChI=1S/2C5H5N5.Co.4H2O/c2*6-4-3-5(9-1-7-3)10-2-8-4;;;;;/h2*1-2H,(H3,6,7,8,9,10);;4*1H2/q;;+2;;;;/p+4. The van der Waals surface area contributed by atoms with Crippen molar-refractivity contribution in [1.82, 2.24) is 39.9 Å². The van der Waals surface area contributed by atoms with Crippen LogP contribution in [0.1, 0.15) is 0 Å². The normalized spacial score (nSPS) is 8.32. The number of aromatic nitrogens is 8. The van der Waals surface area contributed by atoms with Crippen molar-refractivity contribution in [2.45, 2.75) is 0 Å². The van der Waals surface area contributed by atoms with Gasteiger partial charge in [0.25, 0.3) is 0 Å². The molecule has 4 aromatic rings. The minimum Gasteiger partial charge on any atom is -0.457 e. The van der Waals surface area contributed by atoms with Gasteiger partial charge < -0.3 is 43.3 Å². The van der Waals surface area contributed by atoms with Crippen LogP contribution in [0.2, 0.25) is 0 Å². The molecule has 25 heavy (non-hydrogen) atoms. The van der Waals surface area contributed by atoms with Crippen LogP contribution in [-0.2, 0) is 38.7 Å². The van der Waals surface area contributed by atoms with E-state index in [-0.39, 0.29) is 38.7 Å². The van der Waals surface area contributed by atoms with Gasteiger partial charge in [-0.15, -0.1) is 0 Å². The van der Waals surface area contributed by atoms with Crippen LogP contribution in [0.25, 0.3) is 22.3 Å². The molecule has 0 amide bonds. The molecule has 0 saturated heterocycles. The first-order valence-corrected chi connectivity index (χ1v) is 5.55. The van der Waals surface area contributed by atoms with E-state index in [0.29, 0.717) is 34.0 Å². The van der Waals surface area contributed by atoms with E-state index in [2.05, 4.69) is 39.9 Å². The van der Waals surface area contributed by atoms with Gasteiger partial charge in [0.1, 0.15) is 23.7 Å². The van der Waals surface area contributed by atoms with Crippen LogP contribution in [0.3, 0.4) is 0 Å². The maximum atomic E-state index is 5.48. The summed E-state index contributed by atoms with van der Waals surface area (Å²) in [6.45, 7) is 0. The van der Waals surface area contributed by atoms with E-state index in [1.807, 2.05) is 0 Å². The molecule has 0 fully saturated rings. The minimum absolute atomic E-state index is 0. The maximum Gasteiger partial charge on any atom is 2.00 e. The van der Waals surface area contributed by atoms with Gasteiger partial charge in [0.15, 0.2) is 22.9 Å². The second kappa shape index (κ2) is 11.6. The number of nitrogen functional groups attached to an aromatic ring is 2. The van der Waals surface area contributed by atoms with Crippen LogP contribution in [0.5, 0.6) is 0 Å². The molecule has 1 radical (unpaired) electrons. The molecule has 0 aliphatic heterocycles. The summed E-state index contributed by atoms with van der Waals surface area (Å²) in [5.41, 5.74) is 13.6. The molecule has 0 aliphatic carbocycles. The largest absolute Gasteiger partial charge is 2.00 e. The van der Waals surface area contributed by atoms with E-state index in [9.17, 15) is 0 Å². The molecule has 15 heteroatoms. The van der Waals surface area contributed by atoms with Crippen LogP contribution < -0.4 is 11.5 Å². The van der Waals surface area contributed by atoms with Crippen LogP contribution in [0.15, 0.2) is 25.3 Å². The summed E-state index contributed by atoms with van der Waals surface area (Å²) in [6.07, 6.45) is 5.85. The fourth-order valence-corrected chi connectivity index (χ4v) is 1.57. The van der Waals surface area contributed by atoms with Crippen molar-refractivity contribution in [2.75, 3.05) is 11.5 Å². The number of hydrogen-bond acceptors (Lipinski definition) is 8. The first kappa shape index (κ1) is 26.9. The van der Waals surface area contributed by atoms with Gasteiger partial charge in [-0.2, -0.15) is 0 Å². The summed E-state index contributed by atoms with van der Waals surface area (Å²) in [6, 6.07) is 0. The average Bonchev–Trinajstić information content (AvgIpc) is 3.08. The number of anilines is 2. The third-order valence-electron chi connectivity index (χ3n) is 2.50. The Balaban J connectivity index is -0.000000323. The number of hydrogen-bond donors (Lipinski definition) is 4. The number of nitrogens with zero attached hydrogens (tertiary/aromatic N) is 6. The van der Waals surface area contributed by atoms with Gasteiger partial charge in [0, 0.05) is 0 Å². The maximum absolute atomic E-state index is 5.48. The number of H-pyrrole nitrogens is 2. The van der Waals surface area contributed by atoms with Gasteiger partial charge in [-0.3, -0.25) is 0 Å². The molecular weight excluding hydrogens is 383 g/mol. The summed E-state index contributed by atoms with van der Waals surface area (Å²) < 4.78 is 0. The fraction of sp³-hybridized carbons (Fsp3) is 0. The number of rotatable bonds is 0. The van der Waals surface area contributed by atoms with Crippen LogP contribution in [-0.4, -0.2) is 39.9 Å². The van der Waals surface area contributed by atoms with Gasteiger partial charge in [0.2, 0.25) is 0 Å². The molecule has 4 aromatic heterocycles. The van der Waals surface area contributed by atoms with Crippen molar-refractivity contribution in [1.29, 1.82) is 0 Å². The van der Waals surface area contributed by atoms with E-state index in [0.717, 1.165) is 0 Å². The van der Waals surface area contributed by atoms with Crippen LogP contribution in [0.4, 0.5) is 11.6 Å². The molecule has 14 nitrogen and oxygen atoms in total. The number of nitrogens with two attached hydrogens (primary N) is 2. The first-order valence-electron chi connectivity index (χ1n) is 5.55. The molecule has 139 valence electrons. The number of imidazole rings is 2. The molecule has 0 saturated carbocycles. The smallest absolute Gasteiger partial charge is 0.457 e. The Hall–Kier alpha value is -2.95. The van der Waals surface area contributed by atoms with E-state index in [1.54, 1.807) is 0 Å². The van der Waals surface area contributed by atoms with Gasteiger partial charge in [-0.05, 0) is 0 Å². The van der Waals surface area contributed by atoms with Crippen molar-refractivity contribution in [2.24, 2.45) is 0 Å². The number of nitrogens with one attached hydrogen (secondary N) is 2. The summed E-state index contributed by atoms with van der Waals surface area (Å²) in [5.74, 6) is 0.866. The molecule has 4 rings (SSSR count). The molecule has 0 atom stereocenters. The van der Waals surface area contributed by atoms with Gasteiger partial charge in [0.05, 0.1) is 12.7 Å². The Morgan fingerprint density at radius 1 is 0.600 bits per heavy atom. The molecular formula is C10H22CoN10O4+6.